The van der Waals surface area contributed by atoms with Crippen LogP contribution in [0.5, 0.6) is 0 Å². The van der Waals surface area contributed by atoms with Gasteiger partial charge in [-0.1, -0.05) is 0 Å². The molecule has 0 radical (unpaired) electrons. The van der Waals surface area contributed by atoms with Crippen LogP contribution in [0, 0.1) is 17.5 Å². The zero-order valence-electron chi connectivity index (χ0n) is 12.9. The molecule has 0 saturated carbocycles. The van der Waals surface area contributed by atoms with Crippen molar-refractivity contribution in [2.45, 2.75) is 26.4 Å². The number of rotatable bonds is 4. The summed E-state index contributed by atoms with van der Waals surface area (Å²) in [5, 5.41) is 6.74. The Kier molecular flexibility index (Phi) is 6.23. The number of amides is 3. The summed E-state index contributed by atoms with van der Waals surface area (Å²) in [7, 11) is 0. The van der Waals surface area contributed by atoms with Crippen molar-refractivity contribution in [3.63, 3.8) is 0 Å². The molecule has 23 heavy (non-hydrogen) atoms. The number of halogens is 3. The van der Waals surface area contributed by atoms with E-state index in [0.717, 1.165) is 6.07 Å². The minimum absolute atomic E-state index is 0.0242. The second kappa shape index (κ2) is 7.70. The molecule has 0 aromatic heterocycles. The summed E-state index contributed by atoms with van der Waals surface area (Å²) in [6.45, 7) is 5.21. The number of ether oxygens (including phenoxy) is 1. The zero-order valence-corrected chi connectivity index (χ0v) is 12.9. The molecule has 0 unspecified atom stereocenters. The molecule has 0 saturated heterocycles. The topological polar surface area (TPSA) is 79.5 Å². The Morgan fingerprint density at radius 2 is 1.65 bits per heavy atom. The van der Waals surface area contributed by atoms with Crippen molar-refractivity contribution in [2.75, 3.05) is 18.4 Å². The quantitative estimate of drug-likeness (QED) is 0.585. The van der Waals surface area contributed by atoms with Crippen LogP contribution < -0.4 is 16.0 Å². The molecule has 3 amide bonds. The first-order valence-electron chi connectivity index (χ1n) is 6.75. The molecule has 128 valence electrons. The third-order valence-electron chi connectivity index (χ3n) is 2.36. The zero-order chi connectivity index (χ0) is 17.6. The summed E-state index contributed by atoms with van der Waals surface area (Å²) in [5.41, 5.74) is -1.14. The lowest BCUT2D eigenvalue weighted by Crippen LogP contribution is -2.39. The molecule has 1 aromatic rings. The number of alkyl carbamates (subject to hydrolysis) is 1. The predicted octanol–water partition coefficient (Wildman–Crippen LogP) is 2.75. The average Bonchev–Trinajstić information content (AvgIpc) is 2.42. The van der Waals surface area contributed by atoms with Gasteiger partial charge in [-0.25, -0.2) is 22.8 Å². The maximum Gasteiger partial charge on any atom is 0.407 e. The third kappa shape index (κ3) is 6.45. The Labute approximate surface area is 131 Å². The molecule has 1 rings (SSSR count). The fourth-order valence-corrected chi connectivity index (χ4v) is 1.44. The summed E-state index contributed by atoms with van der Waals surface area (Å²) < 4.78 is 44.1. The average molecular weight is 333 g/mol. The van der Waals surface area contributed by atoms with Gasteiger partial charge in [0.15, 0.2) is 17.5 Å². The molecule has 0 bridgehead atoms. The van der Waals surface area contributed by atoms with E-state index in [0.29, 0.717) is 6.07 Å². The SMILES string of the molecule is CC(C)(C)OC(=O)NCCNC(=O)Nc1ccc(F)c(F)c1F. The summed E-state index contributed by atoms with van der Waals surface area (Å²) in [6, 6.07) is 0.755. The number of hydrogen-bond donors (Lipinski definition) is 3. The molecule has 0 fully saturated rings. The molecular weight excluding hydrogens is 315 g/mol. The van der Waals surface area contributed by atoms with Crippen LogP contribution in [0.2, 0.25) is 0 Å². The predicted molar refractivity (Wildman–Crippen MR) is 77.6 cm³/mol. The second-order valence-corrected chi connectivity index (χ2v) is 5.53. The largest absolute Gasteiger partial charge is 0.444 e. The highest BCUT2D eigenvalue weighted by atomic mass is 19.2. The normalized spacial score (nSPS) is 10.9. The molecule has 0 aliphatic rings. The van der Waals surface area contributed by atoms with Crippen molar-refractivity contribution in [3.05, 3.63) is 29.6 Å². The van der Waals surface area contributed by atoms with E-state index in [1.807, 2.05) is 5.32 Å². The number of urea groups is 1. The smallest absolute Gasteiger partial charge is 0.407 e. The van der Waals surface area contributed by atoms with Gasteiger partial charge in [-0.2, -0.15) is 0 Å². The number of benzene rings is 1. The Balaban J connectivity index is 2.36. The van der Waals surface area contributed by atoms with E-state index in [2.05, 4.69) is 10.6 Å². The Hall–Kier alpha value is -2.45. The molecule has 3 N–H and O–H groups in total. The van der Waals surface area contributed by atoms with Gasteiger partial charge < -0.3 is 20.7 Å². The van der Waals surface area contributed by atoms with E-state index in [1.165, 1.54) is 0 Å². The number of anilines is 1. The highest BCUT2D eigenvalue weighted by Crippen LogP contribution is 2.19. The van der Waals surface area contributed by atoms with Crippen molar-refractivity contribution in [1.29, 1.82) is 0 Å². The monoisotopic (exact) mass is 333 g/mol. The first-order chi connectivity index (χ1) is 10.6. The molecule has 0 aliphatic heterocycles. The van der Waals surface area contributed by atoms with Gasteiger partial charge in [-0.3, -0.25) is 0 Å². The lowest BCUT2D eigenvalue weighted by Gasteiger charge is -2.19. The molecule has 6 nitrogen and oxygen atoms in total. The molecule has 0 aliphatic carbocycles. The fraction of sp³-hybridized carbons (Fsp3) is 0.429. The minimum atomic E-state index is -1.67. The molecule has 0 heterocycles. The van der Waals surface area contributed by atoms with Crippen LogP contribution in [-0.4, -0.2) is 30.8 Å². The van der Waals surface area contributed by atoms with Crippen LogP contribution >= 0.6 is 0 Å². The maximum atomic E-state index is 13.3. The van der Waals surface area contributed by atoms with Crippen molar-refractivity contribution < 1.29 is 27.5 Å². The highest BCUT2D eigenvalue weighted by molar-refractivity contribution is 5.89. The molecular formula is C14H18F3N3O3. The van der Waals surface area contributed by atoms with Crippen LogP contribution in [0.25, 0.3) is 0 Å². The molecule has 9 heteroatoms. The number of nitrogens with one attached hydrogen (secondary N) is 3. The van der Waals surface area contributed by atoms with Crippen molar-refractivity contribution >= 4 is 17.8 Å². The first kappa shape index (κ1) is 18.6. The minimum Gasteiger partial charge on any atom is -0.444 e. The van der Waals surface area contributed by atoms with Gasteiger partial charge in [0.2, 0.25) is 0 Å². The van der Waals surface area contributed by atoms with Crippen molar-refractivity contribution in [2.24, 2.45) is 0 Å². The lowest BCUT2D eigenvalue weighted by atomic mass is 10.2. The number of carbonyl (C=O) groups excluding carboxylic acids is 2. The first-order valence-corrected chi connectivity index (χ1v) is 6.75. The maximum absolute atomic E-state index is 13.3. The number of carbonyl (C=O) groups is 2. The lowest BCUT2D eigenvalue weighted by molar-refractivity contribution is 0.0528. The van der Waals surface area contributed by atoms with E-state index in [9.17, 15) is 22.8 Å². The van der Waals surface area contributed by atoms with Gasteiger partial charge in [0.25, 0.3) is 0 Å². The van der Waals surface area contributed by atoms with Crippen LogP contribution in [0.4, 0.5) is 28.4 Å². The Morgan fingerprint density at radius 3 is 2.26 bits per heavy atom. The van der Waals surface area contributed by atoms with E-state index in [1.54, 1.807) is 20.8 Å². The van der Waals surface area contributed by atoms with E-state index in [-0.39, 0.29) is 13.1 Å². The molecule has 0 atom stereocenters. The van der Waals surface area contributed by atoms with Gasteiger partial charge in [-0.15, -0.1) is 0 Å². The van der Waals surface area contributed by atoms with Gasteiger partial charge >= 0.3 is 12.1 Å². The van der Waals surface area contributed by atoms with E-state index < -0.39 is 40.9 Å². The summed E-state index contributed by atoms with van der Waals surface area (Å²) in [5.74, 6) is -4.52. The third-order valence-corrected chi connectivity index (χ3v) is 2.36. The molecule has 0 spiro atoms. The van der Waals surface area contributed by atoms with Crippen LogP contribution in [0.1, 0.15) is 20.8 Å². The summed E-state index contributed by atoms with van der Waals surface area (Å²) in [6.07, 6.45) is -0.647. The second-order valence-electron chi connectivity index (χ2n) is 5.53. The number of hydrogen-bond acceptors (Lipinski definition) is 3. The van der Waals surface area contributed by atoms with Gasteiger partial charge in [-0.05, 0) is 32.9 Å². The Bertz CT molecular complexity index is 589. The highest BCUT2D eigenvalue weighted by Gasteiger charge is 2.16. The van der Waals surface area contributed by atoms with Crippen LogP contribution in [-0.2, 0) is 4.74 Å². The van der Waals surface area contributed by atoms with E-state index >= 15 is 0 Å². The van der Waals surface area contributed by atoms with E-state index in [4.69, 9.17) is 4.74 Å². The Morgan fingerprint density at radius 1 is 1.04 bits per heavy atom. The van der Waals surface area contributed by atoms with Crippen LogP contribution in [0.15, 0.2) is 12.1 Å². The molecule has 1 aromatic carbocycles. The van der Waals surface area contributed by atoms with Gasteiger partial charge in [0.05, 0.1) is 5.69 Å². The standard InChI is InChI=1S/C14H18F3N3O3/c1-14(2,3)23-13(22)19-7-6-18-12(21)20-9-5-4-8(15)10(16)11(9)17/h4-5H,6-7H2,1-3H3,(H,19,22)(H2,18,20,21). The van der Waals surface area contributed by atoms with Gasteiger partial charge in [0, 0.05) is 13.1 Å². The summed E-state index contributed by atoms with van der Waals surface area (Å²) >= 11 is 0. The van der Waals surface area contributed by atoms with Gasteiger partial charge in [0.1, 0.15) is 5.60 Å². The summed E-state index contributed by atoms with van der Waals surface area (Å²) in [4.78, 5) is 22.8. The van der Waals surface area contributed by atoms with Crippen molar-refractivity contribution in [3.8, 4) is 0 Å². The van der Waals surface area contributed by atoms with Crippen LogP contribution in [0.3, 0.4) is 0 Å². The van der Waals surface area contributed by atoms with Crippen molar-refractivity contribution in [1.82, 2.24) is 10.6 Å². The fourth-order valence-electron chi connectivity index (χ4n) is 1.44.